The van der Waals surface area contributed by atoms with Gasteiger partial charge in [0.15, 0.2) is 0 Å². The molecule has 0 atom stereocenters. The van der Waals surface area contributed by atoms with Gasteiger partial charge in [-0.1, -0.05) is 13.3 Å². The number of rotatable bonds is 7. The molecule has 1 aliphatic rings. The summed E-state index contributed by atoms with van der Waals surface area (Å²) in [7, 11) is -2.11. The first-order valence-electron chi connectivity index (χ1n) is 6.99. The van der Waals surface area contributed by atoms with E-state index in [1.54, 1.807) is 18.2 Å². The Bertz CT molecular complexity index is 580. The van der Waals surface area contributed by atoms with Crippen molar-refractivity contribution in [3.05, 3.63) is 18.2 Å². The average Bonchev–Trinajstić information content (AvgIpc) is 3.17. The van der Waals surface area contributed by atoms with Crippen molar-refractivity contribution in [2.24, 2.45) is 5.41 Å². The molecule has 6 heteroatoms. The summed E-state index contributed by atoms with van der Waals surface area (Å²) >= 11 is 0. The van der Waals surface area contributed by atoms with Gasteiger partial charge in [-0.15, -0.1) is 0 Å². The van der Waals surface area contributed by atoms with E-state index in [-0.39, 0.29) is 10.6 Å². The Morgan fingerprint density at radius 3 is 2.55 bits per heavy atom. The third-order valence-corrected chi connectivity index (χ3v) is 5.46. The van der Waals surface area contributed by atoms with Crippen LogP contribution in [0.1, 0.15) is 32.6 Å². The summed E-state index contributed by atoms with van der Waals surface area (Å²) in [5, 5.41) is 3.37. The van der Waals surface area contributed by atoms with Crippen LogP contribution in [0.3, 0.4) is 0 Å². The van der Waals surface area contributed by atoms with Gasteiger partial charge in [0.2, 0.25) is 10.0 Å². The van der Waals surface area contributed by atoms with E-state index in [0.29, 0.717) is 5.41 Å². The summed E-state index contributed by atoms with van der Waals surface area (Å²) in [6, 6.07) is 5.00. The van der Waals surface area contributed by atoms with Gasteiger partial charge in [-0.05, 0) is 49.9 Å². The van der Waals surface area contributed by atoms with E-state index >= 15 is 0 Å². The van der Waals surface area contributed by atoms with Crippen LogP contribution in [0.4, 0.5) is 11.4 Å². The Morgan fingerprint density at radius 1 is 1.35 bits per heavy atom. The summed E-state index contributed by atoms with van der Waals surface area (Å²) in [5.74, 6) is 0. The van der Waals surface area contributed by atoms with Crippen molar-refractivity contribution < 1.29 is 8.42 Å². The molecule has 1 fully saturated rings. The zero-order chi connectivity index (χ0) is 14.8. The lowest BCUT2D eigenvalue weighted by Crippen LogP contribution is -2.20. The van der Waals surface area contributed by atoms with Crippen molar-refractivity contribution >= 4 is 21.4 Å². The maximum Gasteiger partial charge on any atom is 0.242 e. The fourth-order valence-electron chi connectivity index (χ4n) is 2.52. The molecule has 1 aromatic rings. The van der Waals surface area contributed by atoms with Gasteiger partial charge in [0.1, 0.15) is 4.90 Å². The van der Waals surface area contributed by atoms with E-state index in [9.17, 15) is 8.42 Å². The predicted octanol–water partition coefficient (Wildman–Crippen LogP) is 2.17. The number of hydrogen-bond donors (Lipinski definition) is 3. The number of hydrogen-bond acceptors (Lipinski definition) is 4. The molecule has 0 spiro atoms. The van der Waals surface area contributed by atoms with Crippen LogP contribution in [0.15, 0.2) is 23.1 Å². The fraction of sp³-hybridized carbons (Fsp3) is 0.571. The molecule has 20 heavy (non-hydrogen) atoms. The van der Waals surface area contributed by atoms with E-state index in [4.69, 9.17) is 5.73 Å². The molecule has 4 N–H and O–H groups in total. The van der Waals surface area contributed by atoms with Crippen LogP contribution in [0.5, 0.6) is 0 Å². The lowest BCUT2D eigenvalue weighted by Gasteiger charge is -2.16. The Kier molecular flexibility index (Phi) is 4.25. The summed E-state index contributed by atoms with van der Waals surface area (Å²) in [4.78, 5) is 0.125. The number of anilines is 2. The topological polar surface area (TPSA) is 84.2 Å². The smallest absolute Gasteiger partial charge is 0.242 e. The van der Waals surface area contributed by atoms with Crippen molar-refractivity contribution in [2.75, 3.05) is 24.6 Å². The van der Waals surface area contributed by atoms with Gasteiger partial charge in [0.25, 0.3) is 0 Å². The highest BCUT2D eigenvalue weighted by molar-refractivity contribution is 7.89. The first-order chi connectivity index (χ1) is 9.42. The van der Waals surface area contributed by atoms with E-state index in [0.717, 1.165) is 12.2 Å². The monoisotopic (exact) mass is 297 g/mol. The Labute approximate surface area is 121 Å². The van der Waals surface area contributed by atoms with E-state index < -0.39 is 10.0 Å². The maximum atomic E-state index is 11.7. The molecule has 0 amide bonds. The maximum absolute atomic E-state index is 11.7. The molecule has 112 valence electrons. The minimum atomic E-state index is -3.49. The first kappa shape index (κ1) is 15.1. The fourth-order valence-corrected chi connectivity index (χ4v) is 3.36. The molecular formula is C14H23N3O2S. The normalized spacial score (nSPS) is 16.9. The quantitative estimate of drug-likeness (QED) is 0.673. The van der Waals surface area contributed by atoms with Gasteiger partial charge in [-0.2, -0.15) is 0 Å². The number of nitrogen functional groups attached to an aromatic ring is 1. The van der Waals surface area contributed by atoms with E-state index in [1.165, 1.54) is 32.7 Å². The highest BCUT2D eigenvalue weighted by atomic mass is 32.2. The van der Waals surface area contributed by atoms with E-state index in [1.807, 2.05) is 0 Å². The minimum absolute atomic E-state index is 0.125. The second-order valence-corrected chi connectivity index (χ2v) is 7.42. The zero-order valence-corrected chi connectivity index (χ0v) is 12.9. The molecule has 1 aromatic carbocycles. The summed E-state index contributed by atoms with van der Waals surface area (Å²) in [6.45, 7) is 3.13. The van der Waals surface area contributed by atoms with Gasteiger partial charge in [0.05, 0.1) is 5.69 Å². The van der Waals surface area contributed by atoms with Crippen LogP contribution in [0.25, 0.3) is 0 Å². The first-order valence-corrected chi connectivity index (χ1v) is 8.48. The Balaban J connectivity index is 2.06. The predicted molar refractivity (Wildman–Crippen MR) is 82.2 cm³/mol. The Hall–Kier alpha value is -1.27. The molecule has 0 bridgehead atoms. The largest absolute Gasteiger partial charge is 0.398 e. The molecule has 1 saturated carbocycles. The molecule has 2 rings (SSSR count). The highest BCUT2D eigenvalue weighted by Crippen LogP contribution is 2.49. The lowest BCUT2D eigenvalue weighted by atomic mass is 10.0. The number of nitrogens with one attached hydrogen (secondary N) is 2. The molecule has 0 aliphatic heterocycles. The lowest BCUT2D eigenvalue weighted by molar-refractivity contribution is 0.486. The van der Waals surface area contributed by atoms with Crippen LogP contribution in [-0.4, -0.2) is 22.0 Å². The van der Waals surface area contributed by atoms with Crippen LogP contribution < -0.4 is 15.8 Å². The number of sulfonamides is 1. The molecule has 0 saturated heterocycles. The Morgan fingerprint density at radius 2 is 2.05 bits per heavy atom. The second-order valence-electron chi connectivity index (χ2n) is 5.56. The van der Waals surface area contributed by atoms with Crippen LogP contribution in [0.2, 0.25) is 0 Å². The molecular weight excluding hydrogens is 274 g/mol. The van der Waals surface area contributed by atoms with Crippen LogP contribution in [-0.2, 0) is 10.0 Å². The zero-order valence-electron chi connectivity index (χ0n) is 12.1. The highest BCUT2D eigenvalue weighted by Gasteiger charge is 2.41. The van der Waals surface area contributed by atoms with Crippen LogP contribution >= 0.6 is 0 Å². The summed E-state index contributed by atoms with van der Waals surface area (Å²) in [6.07, 6.45) is 4.98. The van der Waals surface area contributed by atoms with Crippen LogP contribution in [0, 0.1) is 5.41 Å². The molecule has 0 heterocycles. The summed E-state index contributed by atoms with van der Waals surface area (Å²) < 4.78 is 25.7. The van der Waals surface area contributed by atoms with Crippen molar-refractivity contribution in [3.8, 4) is 0 Å². The second kappa shape index (κ2) is 5.61. The molecule has 0 radical (unpaired) electrons. The van der Waals surface area contributed by atoms with Gasteiger partial charge >= 0.3 is 0 Å². The third kappa shape index (κ3) is 3.24. The number of benzene rings is 1. The van der Waals surface area contributed by atoms with Gasteiger partial charge < -0.3 is 11.1 Å². The molecule has 0 unspecified atom stereocenters. The van der Waals surface area contributed by atoms with Crippen molar-refractivity contribution in [1.82, 2.24) is 4.72 Å². The third-order valence-electron chi connectivity index (χ3n) is 3.97. The standard InChI is InChI=1S/C14H23N3O2S/c1-3-6-14(7-8-14)10-17-11-4-5-13(12(15)9-11)20(18,19)16-2/h4-5,9,16-17H,3,6-8,10,15H2,1-2H3. The molecule has 0 aromatic heterocycles. The van der Waals surface area contributed by atoms with E-state index in [2.05, 4.69) is 17.0 Å². The van der Waals surface area contributed by atoms with Crippen molar-refractivity contribution in [3.63, 3.8) is 0 Å². The molecule has 5 nitrogen and oxygen atoms in total. The molecule has 1 aliphatic carbocycles. The van der Waals surface area contributed by atoms with Gasteiger partial charge in [-0.25, -0.2) is 13.1 Å². The van der Waals surface area contributed by atoms with Gasteiger partial charge in [0, 0.05) is 12.2 Å². The SMILES string of the molecule is CCCC1(CNc2ccc(S(=O)(=O)NC)c(N)c2)CC1. The summed E-state index contributed by atoms with van der Waals surface area (Å²) in [5.41, 5.74) is 7.42. The van der Waals surface area contributed by atoms with Crippen molar-refractivity contribution in [1.29, 1.82) is 0 Å². The average molecular weight is 297 g/mol. The minimum Gasteiger partial charge on any atom is -0.398 e. The number of nitrogens with two attached hydrogens (primary N) is 1. The van der Waals surface area contributed by atoms with Crippen molar-refractivity contribution in [2.45, 2.75) is 37.5 Å². The van der Waals surface area contributed by atoms with Gasteiger partial charge in [-0.3, -0.25) is 0 Å².